The Morgan fingerprint density at radius 1 is 0.969 bits per heavy atom. The summed E-state index contributed by atoms with van der Waals surface area (Å²) in [6, 6.07) is 15.8. The van der Waals surface area contributed by atoms with Crippen molar-refractivity contribution in [3.05, 3.63) is 60.2 Å². The maximum atomic E-state index is 12.6. The zero-order chi connectivity index (χ0) is 23.6. The van der Waals surface area contributed by atoms with Crippen LogP contribution in [0.1, 0.15) is 25.8 Å². The number of anilines is 1. The van der Waals surface area contributed by atoms with E-state index in [9.17, 15) is 18.0 Å². The summed E-state index contributed by atoms with van der Waals surface area (Å²) in [5, 5.41) is 2.79. The molecule has 2 rings (SSSR count). The van der Waals surface area contributed by atoms with E-state index in [-0.39, 0.29) is 29.7 Å². The fraction of sp³-hybridized carbons (Fsp3) is 0.391. The lowest BCUT2D eigenvalue weighted by atomic mass is 10.2. The highest BCUT2D eigenvalue weighted by Gasteiger charge is 2.21. The molecule has 1 N–H and O–H groups in total. The van der Waals surface area contributed by atoms with Crippen molar-refractivity contribution in [2.24, 2.45) is 0 Å². The van der Waals surface area contributed by atoms with Crippen LogP contribution in [0.15, 0.2) is 59.5 Å². The minimum atomic E-state index is -3.55. The third kappa shape index (κ3) is 7.44. The van der Waals surface area contributed by atoms with Crippen molar-refractivity contribution < 1.29 is 22.7 Å². The molecule has 0 aromatic heterocycles. The number of carbonyl (C=O) groups excluding carboxylic acids is 2. The van der Waals surface area contributed by atoms with Gasteiger partial charge in [0, 0.05) is 31.9 Å². The molecule has 32 heavy (non-hydrogen) atoms. The van der Waals surface area contributed by atoms with Gasteiger partial charge in [0.05, 0.1) is 25.0 Å². The Bertz CT molecular complexity index is 974. The summed E-state index contributed by atoms with van der Waals surface area (Å²) < 4.78 is 31.3. The highest BCUT2D eigenvalue weighted by molar-refractivity contribution is 7.89. The third-order valence-corrected chi connectivity index (χ3v) is 7.02. The molecular weight excluding hydrogens is 430 g/mol. The summed E-state index contributed by atoms with van der Waals surface area (Å²) in [6.45, 7) is 5.31. The summed E-state index contributed by atoms with van der Waals surface area (Å²) in [7, 11) is -2.22. The van der Waals surface area contributed by atoms with Crippen molar-refractivity contribution >= 4 is 27.6 Å². The van der Waals surface area contributed by atoms with Crippen molar-refractivity contribution in [3.63, 3.8) is 0 Å². The summed E-state index contributed by atoms with van der Waals surface area (Å²) in [6.07, 6.45) is 0.175. The number of nitrogens with one attached hydrogen (secondary N) is 1. The Hall–Kier alpha value is -2.75. The summed E-state index contributed by atoms with van der Waals surface area (Å²) >= 11 is 0. The van der Waals surface area contributed by atoms with Gasteiger partial charge in [-0.2, -0.15) is 4.31 Å². The molecule has 0 heterocycles. The normalized spacial score (nSPS) is 11.5. The third-order valence-electron chi connectivity index (χ3n) is 4.96. The van der Waals surface area contributed by atoms with E-state index in [1.807, 2.05) is 35.2 Å². The number of hydrogen-bond acceptors (Lipinski definition) is 6. The molecule has 0 unspecified atom stereocenters. The van der Waals surface area contributed by atoms with Gasteiger partial charge in [-0.1, -0.05) is 44.2 Å². The highest BCUT2D eigenvalue weighted by Crippen LogP contribution is 2.18. The Morgan fingerprint density at radius 2 is 1.59 bits per heavy atom. The topological polar surface area (TPSA) is 96.0 Å². The van der Waals surface area contributed by atoms with Crippen LogP contribution in [0.3, 0.4) is 0 Å². The maximum Gasteiger partial charge on any atom is 0.306 e. The van der Waals surface area contributed by atoms with Crippen molar-refractivity contribution in [2.45, 2.75) is 31.7 Å². The number of rotatable bonds is 12. The van der Waals surface area contributed by atoms with Gasteiger partial charge in [0.25, 0.3) is 0 Å². The number of sulfonamides is 1. The molecule has 0 bridgehead atoms. The smallest absolute Gasteiger partial charge is 0.306 e. The lowest BCUT2D eigenvalue weighted by molar-refractivity contribution is -0.141. The van der Waals surface area contributed by atoms with Crippen molar-refractivity contribution in [1.82, 2.24) is 9.21 Å². The van der Waals surface area contributed by atoms with E-state index in [2.05, 4.69) is 5.32 Å². The fourth-order valence-electron chi connectivity index (χ4n) is 3.23. The Labute approximate surface area is 190 Å². The van der Waals surface area contributed by atoms with Gasteiger partial charge in [-0.05, 0) is 29.8 Å². The van der Waals surface area contributed by atoms with Crippen LogP contribution < -0.4 is 5.32 Å². The van der Waals surface area contributed by atoms with Crippen molar-refractivity contribution in [2.75, 3.05) is 38.6 Å². The van der Waals surface area contributed by atoms with Crippen molar-refractivity contribution in [3.8, 4) is 0 Å². The first-order chi connectivity index (χ1) is 15.3. The van der Waals surface area contributed by atoms with Gasteiger partial charge in [0.15, 0.2) is 0 Å². The molecule has 2 aromatic carbocycles. The largest absolute Gasteiger partial charge is 0.469 e. The van der Waals surface area contributed by atoms with Crippen LogP contribution in [0, 0.1) is 0 Å². The first kappa shape index (κ1) is 25.5. The molecular formula is C23H31N3O5S. The molecule has 0 saturated heterocycles. The Balaban J connectivity index is 2.04. The molecule has 0 radical (unpaired) electrons. The zero-order valence-electron chi connectivity index (χ0n) is 18.8. The molecule has 2 aromatic rings. The molecule has 0 saturated carbocycles. The molecule has 174 valence electrons. The molecule has 0 atom stereocenters. The van der Waals surface area contributed by atoms with E-state index in [1.54, 1.807) is 26.0 Å². The number of nitrogens with zero attached hydrogens (tertiary/aromatic N) is 2. The molecule has 8 nitrogen and oxygen atoms in total. The molecule has 0 fully saturated rings. The number of benzene rings is 2. The monoisotopic (exact) mass is 461 g/mol. The second kappa shape index (κ2) is 12.3. The predicted octanol–water partition coefficient (Wildman–Crippen LogP) is 2.72. The van der Waals surface area contributed by atoms with Crippen LogP contribution in [0.2, 0.25) is 0 Å². The van der Waals surface area contributed by atoms with E-state index >= 15 is 0 Å². The lowest BCUT2D eigenvalue weighted by Crippen LogP contribution is -2.34. The minimum Gasteiger partial charge on any atom is -0.469 e. The van der Waals surface area contributed by atoms with E-state index in [1.165, 1.54) is 23.5 Å². The number of methoxy groups -OCH3 is 1. The number of ether oxygens (including phenoxy) is 1. The van der Waals surface area contributed by atoms with Crippen LogP contribution in [0.25, 0.3) is 0 Å². The first-order valence-corrected chi connectivity index (χ1v) is 12.0. The van der Waals surface area contributed by atoms with Gasteiger partial charge >= 0.3 is 5.97 Å². The summed E-state index contributed by atoms with van der Waals surface area (Å²) in [5.74, 6) is -0.599. The molecule has 0 aliphatic carbocycles. The second-order valence-electron chi connectivity index (χ2n) is 7.18. The Morgan fingerprint density at radius 3 is 2.16 bits per heavy atom. The minimum absolute atomic E-state index is 0.0748. The van der Waals surface area contributed by atoms with E-state index in [0.717, 1.165) is 5.56 Å². The molecule has 0 aliphatic rings. The Kier molecular flexibility index (Phi) is 9.83. The van der Waals surface area contributed by atoms with Crippen LogP contribution in [0.5, 0.6) is 0 Å². The predicted molar refractivity (Wildman–Crippen MR) is 124 cm³/mol. The zero-order valence-corrected chi connectivity index (χ0v) is 19.6. The number of hydrogen-bond donors (Lipinski definition) is 1. The number of amides is 1. The first-order valence-electron chi connectivity index (χ1n) is 10.5. The van der Waals surface area contributed by atoms with Gasteiger partial charge in [-0.15, -0.1) is 0 Å². The molecule has 0 spiro atoms. The van der Waals surface area contributed by atoms with E-state index in [0.29, 0.717) is 31.9 Å². The standard InChI is InChI=1S/C23H31N3O5S/c1-4-26(5-2)32(29,30)21-13-11-20(12-14-21)24-22(27)18-25(16-15-23(28)31-3)17-19-9-7-6-8-10-19/h6-14H,4-5,15-18H2,1-3H3,(H,24,27). The van der Waals surface area contributed by atoms with Gasteiger partial charge < -0.3 is 10.1 Å². The van der Waals surface area contributed by atoms with Crippen LogP contribution in [-0.4, -0.2) is 62.8 Å². The average Bonchev–Trinajstić information content (AvgIpc) is 2.78. The fourth-order valence-corrected chi connectivity index (χ4v) is 4.69. The van der Waals surface area contributed by atoms with Gasteiger partial charge in [0.1, 0.15) is 0 Å². The van der Waals surface area contributed by atoms with E-state index in [4.69, 9.17) is 4.74 Å². The van der Waals surface area contributed by atoms with Gasteiger partial charge in [0.2, 0.25) is 15.9 Å². The van der Waals surface area contributed by atoms with E-state index < -0.39 is 10.0 Å². The number of carbonyl (C=O) groups is 2. The lowest BCUT2D eigenvalue weighted by Gasteiger charge is -2.21. The van der Waals surface area contributed by atoms with Gasteiger partial charge in [-0.25, -0.2) is 8.42 Å². The SMILES string of the molecule is CCN(CC)S(=O)(=O)c1ccc(NC(=O)CN(CCC(=O)OC)Cc2ccccc2)cc1. The van der Waals surface area contributed by atoms with Crippen LogP contribution in [0.4, 0.5) is 5.69 Å². The van der Waals surface area contributed by atoms with Crippen LogP contribution in [-0.2, 0) is 30.9 Å². The average molecular weight is 462 g/mol. The highest BCUT2D eigenvalue weighted by atomic mass is 32.2. The molecule has 9 heteroatoms. The number of esters is 1. The summed E-state index contributed by atoms with van der Waals surface area (Å²) in [5.41, 5.74) is 1.53. The second-order valence-corrected chi connectivity index (χ2v) is 9.12. The molecule has 1 amide bonds. The van der Waals surface area contributed by atoms with Crippen LogP contribution >= 0.6 is 0 Å². The maximum absolute atomic E-state index is 12.6. The quantitative estimate of drug-likeness (QED) is 0.488. The molecule has 0 aliphatic heterocycles. The summed E-state index contributed by atoms with van der Waals surface area (Å²) in [4.78, 5) is 26.2. The van der Waals surface area contributed by atoms with Gasteiger partial charge in [-0.3, -0.25) is 14.5 Å². The van der Waals surface area contributed by atoms with Crippen molar-refractivity contribution in [1.29, 1.82) is 0 Å².